The molecule has 162 valence electrons. The van der Waals surface area contributed by atoms with E-state index in [4.69, 9.17) is 11.6 Å². The van der Waals surface area contributed by atoms with E-state index in [2.05, 4.69) is 20.8 Å². The van der Waals surface area contributed by atoms with E-state index < -0.39 is 0 Å². The number of hydrogen-bond donors (Lipinski definition) is 2. The average Bonchev–Trinajstić information content (AvgIpc) is 3.20. The fourth-order valence-corrected chi connectivity index (χ4v) is 3.96. The van der Waals surface area contributed by atoms with Crippen LogP contribution in [0.1, 0.15) is 19.4 Å². The normalized spacial score (nSPS) is 10.7. The number of carbonyl (C=O) groups is 2. The molecule has 0 radical (unpaired) electrons. The number of aryl methyl sites for hydroxylation is 1. The molecule has 0 saturated carbocycles. The highest BCUT2D eigenvalue weighted by Gasteiger charge is 2.15. The predicted molar refractivity (Wildman–Crippen MR) is 124 cm³/mol. The number of anilines is 1. The lowest BCUT2D eigenvalue weighted by Crippen LogP contribution is -2.34. The van der Waals surface area contributed by atoms with Crippen molar-refractivity contribution in [1.82, 2.24) is 20.1 Å². The van der Waals surface area contributed by atoms with E-state index in [1.165, 1.54) is 11.8 Å². The fraction of sp³-hybridized carbons (Fsp3) is 0.273. The lowest BCUT2D eigenvalue weighted by molar-refractivity contribution is -0.122. The summed E-state index contributed by atoms with van der Waals surface area (Å²) >= 11 is 7.23. The van der Waals surface area contributed by atoms with Crippen LogP contribution in [0.3, 0.4) is 0 Å². The molecule has 2 N–H and O–H groups in total. The molecule has 1 heterocycles. The highest BCUT2D eigenvalue weighted by Crippen LogP contribution is 2.25. The number of rotatable bonds is 9. The second-order valence-electron chi connectivity index (χ2n) is 6.68. The van der Waals surface area contributed by atoms with E-state index in [1.54, 1.807) is 12.1 Å². The van der Waals surface area contributed by atoms with Crippen LogP contribution in [0, 0.1) is 0 Å². The summed E-state index contributed by atoms with van der Waals surface area (Å²) in [5.41, 5.74) is 2.72. The molecule has 31 heavy (non-hydrogen) atoms. The Labute approximate surface area is 190 Å². The van der Waals surface area contributed by atoms with E-state index in [9.17, 15) is 9.59 Å². The van der Waals surface area contributed by atoms with E-state index in [1.807, 2.05) is 54.8 Å². The predicted octanol–water partition coefficient (Wildman–Crippen LogP) is 4.03. The second-order valence-corrected chi connectivity index (χ2v) is 8.06. The van der Waals surface area contributed by atoms with Crippen LogP contribution in [-0.2, 0) is 22.6 Å². The molecule has 3 aromatic rings. The van der Waals surface area contributed by atoms with Gasteiger partial charge < -0.3 is 15.2 Å². The molecule has 0 bridgehead atoms. The lowest BCUT2D eigenvalue weighted by Gasteiger charge is -2.10. The van der Waals surface area contributed by atoms with Gasteiger partial charge in [0.1, 0.15) is 0 Å². The van der Waals surface area contributed by atoms with Gasteiger partial charge in [-0.05, 0) is 49.2 Å². The Kier molecular flexibility index (Phi) is 8.08. The Balaban J connectivity index is 1.53. The third-order valence-corrected chi connectivity index (χ3v) is 5.81. The number of nitrogens with zero attached hydrogens (tertiary/aromatic N) is 3. The minimum absolute atomic E-state index is 0.0894. The highest BCUT2D eigenvalue weighted by atomic mass is 35.5. The Morgan fingerprint density at radius 2 is 1.77 bits per heavy atom. The molecule has 0 fully saturated rings. The van der Waals surface area contributed by atoms with E-state index in [0.717, 1.165) is 29.1 Å². The summed E-state index contributed by atoms with van der Waals surface area (Å²) < 4.78 is 1.94. The molecule has 3 rings (SSSR count). The van der Waals surface area contributed by atoms with Crippen molar-refractivity contribution >= 4 is 40.9 Å². The Bertz CT molecular complexity index is 1050. The zero-order chi connectivity index (χ0) is 22.2. The first-order valence-electron chi connectivity index (χ1n) is 9.98. The topological polar surface area (TPSA) is 88.9 Å². The number of aromatic nitrogens is 3. The first-order chi connectivity index (χ1) is 15.0. The van der Waals surface area contributed by atoms with E-state index in [-0.39, 0.29) is 24.1 Å². The van der Waals surface area contributed by atoms with Gasteiger partial charge >= 0.3 is 0 Å². The first kappa shape index (κ1) is 22.8. The molecule has 2 aromatic carbocycles. The zero-order valence-electron chi connectivity index (χ0n) is 17.4. The quantitative estimate of drug-likeness (QED) is 0.473. The average molecular weight is 458 g/mol. The van der Waals surface area contributed by atoms with Crippen molar-refractivity contribution in [2.75, 3.05) is 17.6 Å². The number of nitrogens with one attached hydrogen (secondary N) is 2. The van der Waals surface area contributed by atoms with Crippen molar-refractivity contribution in [3.05, 3.63) is 59.1 Å². The number of benzene rings is 2. The number of hydrogen-bond acceptors (Lipinski definition) is 5. The second kappa shape index (κ2) is 11.0. The molecule has 9 heteroatoms. The number of halogens is 1. The van der Waals surface area contributed by atoms with Crippen molar-refractivity contribution in [2.45, 2.75) is 32.0 Å². The summed E-state index contributed by atoms with van der Waals surface area (Å²) in [6.45, 7) is 4.59. The maximum Gasteiger partial charge on any atom is 0.243 e. The van der Waals surface area contributed by atoms with E-state index >= 15 is 0 Å². The molecule has 2 amide bonds. The Hall–Kier alpha value is -2.84. The van der Waals surface area contributed by atoms with Gasteiger partial charge in [0.25, 0.3) is 0 Å². The summed E-state index contributed by atoms with van der Waals surface area (Å²) in [5.74, 6) is 0.345. The SMILES string of the molecule is CCc1ccccc1NC(=O)CNC(=O)CSc1nnc(-c2ccc(Cl)cc2)n1CC. The van der Waals surface area contributed by atoms with Crippen LogP contribution in [0.25, 0.3) is 11.4 Å². The maximum absolute atomic E-state index is 12.2. The van der Waals surface area contributed by atoms with Crippen LogP contribution >= 0.6 is 23.4 Å². The van der Waals surface area contributed by atoms with Gasteiger partial charge in [-0.2, -0.15) is 0 Å². The monoisotopic (exact) mass is 457 g/mol. The number of para-hydroxylation sites is 1. The van der Waals surface area contributed by atoms with Gasteiger partial charge in [0.15, 0.2) is 11.0 Å². The van der Waals surface area contributed by atoms with Crippen LogP contribution in [0.4, 0.5) is 5.69 Å². The molecule has 0 aliphatic rings. The minimum Gasteiger partial charge on any atom is -0.346 e. The van der Waals surface area contributed by atoms with Crippen molar-refractivity contribution < 1.29 is 9.59 Å². The third-order valence-electron chi connectivity index (χ3n) is 4.59. The maximum atomic E-state index is 12.2. The molecule has 7 nitrogen and oxygen atoms in total. The van der Waals surface area contributed by atoms with Gasteiger partial charge in [0, 0.05) is 22.8 Å². The van der Waals surface area contributed by atoms with Crippen molar-refractivity contribution in [3.63, 3.8) is 0 Å². The van der Waals surface area contributed by atoms with Gasteiger partial charge in [-0.15, -0.1) is 10.2 Å². The molecular formula is C22H24ClN5O2S. The molecule has 0 aliphatic heterocycles. The van der Waals surface area contributed by atoms with Gasteiger partial charge in [-0.25, -0.2) is 0 Å². The number of amides is 2. The summed E-state index contributed by atoms with van der Waals surface area (Å²) in [4.78, 5) is 24.4. The van der Waals surface area contributed by atoms with Crippen molar-refractivity contribution in [3.8, 4) is 11.4 Å². The van der Waals surface area contributed by atoms with Crippen LogP contribution in [-0.4, -0.2) is 38.9 Å². The van der Waals surface area contributed by atoms with Crippen molar-refractivity contribution in [2.24, 2.45) is 0 Å². The lowest BCUT2D eigenvalue weighted by atomic mass is 10.1. The molecular weight excluding hydrogens is 434 g/mol. The molecule has 0 aliphatic carbocycles. The standard InChI is InChI=1S/C22H24ClN5O2S/c1-3-15-7-5-6-8-18(15)25-19(29)13-24-20(30)14-31-22-27-26-21(28(22)4-2)16-9-11-17(23)12-10-16/h5-12H,3-4,13-14H2,1-2H3,(H,24,30)(H,25,29). The third kappa shape index (κ3) is 6.08. The van der Waals surface area contributed by atoms with Gasteiger partial charge in [-0.1, -0.05) is 48.5 Å². The minimum atomic E-state index is -0.263. The Morgan fingerprint density at radius 1 is 1.03 bits per heavy atom. The van der Waals surface area contributed by atoms with Crippen LogP contribution < -0.4 is 10.6 Å². The zero-order valence-corrected chi connectivity index (χ0v) is 19.0. The molecule has 0 spiro atoms. The summed E-state index contributed by atoms with van der Waals surface area (Å²) in [6, 6.07) is 15.0. The van der Waals surface area contributed by atoms with Crippen molar-refractivity contribution in [1.29, 1.82) is 0 Å². The first-order valence-corrected chi connectivity index (χ1v) is 11.3. The largest absolute Gasteiger partial charge is 0.346 e. The smallest absolute Gasteiger partial charge is 0.243 e. The molecule has 1 aromatic heterocycles. The fourth-order valence-electron chi connectivity index (χ4n) is 3.00. The number of carbonyl (C=O) groups excluding carboxylic acids is 2. The molecule has 0 unspecified atom stereocenters. The summed E-state index contributed by atoms with van der Waals surface area (Å²) in [7, 11) is 0. The number of thioether (sulfide) groups is 1. The summed E-state index contributed by atoms with van der Waals surface area (Å²) in [5, 5.41) is 15.2. The van der Waals surface area contributed by atoms with Crippen LogP contribution in [0.15, 0.2) is 53.7 Å². The van der Waals surface area contributed by atoms with E-state index in [0.29, 0.717) is 16.7 Å². The molecule has 0 atom stereocenters. The highest BCUT2D eigenvalue weighted by molar-refractivity contribution is 7.99. The van der Waals surface area contributed by atoms with Gasteiger partial charge in [-0.3, -0.25) is 9.59 Å². The molecule has 0 saturated heterocycles. The van der Waals surface area contributed by atoms with Crippen LogP contribution in [0.5, 0.6) is 0 Å². The Morgan fingerprint density at radius 3 is 2.48 bits per heavy atom. The summed E-state index contributed by atoms with van der Waals surface area (Å²) in [6.07, 6.45) is 0.815. The van der Waals surface area contributed by atoms with Gasteiger partial charge in [0.05, 0.1) is 12.3 Å². The van der Waals surface area contributed by atoms with Gasteiger partial charge in [0.2, 0.25) is 11.8 Å². The van der Waals surface area contributed by atoms with Crippen LogP contribution in [0.2, 0.25) is 5.02 Å².